The van der Waals surface area contributed by atoms with Crippen molar-refractivity contribution in [1.82, 2.24) is 14.6 Å². The summed E-state index contributed by atoms with van der Waals surface area (Å²) in [7, 11) is 0. The number of nitrogens with zero attached hydrogens (tertiary/aromatic N) is 3. The molecule has 0 aliphatic carbocycles. The van der Waals surface area contributed by atoms with Crippen molar-refractivity contribution in [3.05, 3.63) is 21.4 Å². The van der Waals surface area contributed by atoms with E-state index >= 15 is 0 Å². The summed E-state index contributed by atoms with van der Waals surface area (Å²) in [6, 6.07) is 0. The minimum Gasteiger partial charge on any atom is -0.383 e. The Morgan fingerprint density at radius 1 is 1.64 bits per heavy atom. The smallest absolute Gasteiger partial charge is 0.173 e. The van der Waals surface area contributed by atoms with E-state index in [4.69, 9.17) is 17.3 Å². The summed E-state index contributed by atoms with van der Waals surface area (Å²) < 4.78 is 2.36. The van der Waals surface area contributed by atoms with E-state index in [0.29, 0.717) is 16.6 Å². The maximum Gasteiger partial charge on any atom is 0.173 e. The van der Waals surface area contributed by atoms with Gasteiger partial charge in [-0.2, -0.15) is 9.61 Å². The second-order valence-electron chi connectivity index (χ2n) is 2.85. The van der Waals surface area contributed by atoms with Crippen molar-refractivity contribution in [1.29, 1.82) is 0 Å². The summed E-state index contributed by atoms with van der Waals surface area (Å²) in [5, 5.41) is 4.53. The van der Waals surface area contributed by atoms with Crippen molar-refractivity contribution in [3.63, 3.8) is 0 Å². The molecule has 2 rings (SSSR count). The van der Waals surface area contributed by atoms with Gasteiger partial charge in [0.25, 0.3) is 0 Å². The molecule has 6 heteroatoms. The van der Waals surface area contributed by atoms with Crippen LogP contribution in [0.1, 0.15) is 12.5 Å². The van der Waals surface area contributed by atoms with Crippen LogP contribution in [0.25, 0.3) is 5.65 Å². The fraction of sp³-hybridized carbons (Fsp3) is 0.250. The van der Waals surface area contributed by atoms with Crippen molar-refractivity contribution >= 4 is 39.0 Å². The molecular formula is C8H8BrClN4. The molecule has 0 spiro atoms. The van der Waals surface area contributed by atoms with Gasteiger partial charge in [0.05, 0.1) is 10.7 Å². The minimum atomic E-state index is 0.443. The molecule has 0 radical (unpaired) electrons. The summed E-state index contributed by atoms with van der Waals surface area (Å²) in [5.41, 5.74) is 7.37. The molecule has 2 N–H and O–H groups in total. The van der Waals surface area contributed by atoms with Gasteiger partial charge in [-0.3, -0.25) is 0 Å². The Kier molecular flexibility index (Phi) is 2.36. The summed E-state index contributed by atoms with van der Waals surface area (Å²) >= 11 is 9.31. The van der Waals surface area contributed by atoms with Crippen molar-refractivity contribution < 1.29 is 0 Å². The molecule has 0 saturated carbocycles. The van der Waals surface area contributed by atoms with Crippen LogP contribution in [0.4, 0.5) is 5.82 Å². The summed E-state index contributed by atoms with van der Waals surface area (Å²) in [6.07, 6.45) is 2.39. The van der Waals surface area contributed by atoms with E-state index in [0.717, 1.165) is 16.5 Å². The number of fused-ring (bicyclic) bond motifs is 1. The maximum atomic E-state index is 5.98. The summed E-state index contributed by atoms with van der Waals surface area (Å²) in [5.74, 6) is 0.549. The minimum absolute atomic E-state index is 0.443. The first-order valence-corrected chi connectivity index (χ1v) is 5.29. The van der Waals surface area contributed by atoms with Crippen LogP contribution in [0.3, 0.4) is 0 Å². The van der Waals surface area contributed by atoms with Gasteiger partial charge in [0.1, 0.15) is 11.0 Å². The highest BCUT2D eigenvalue weighted by Crippen LogP contribution is 2.25. The summed E-state index contributed by atoms with van der Waals surface area (Å²) in [4.78, 5) is 4.21. The van der Waals surface area contributed by atoms with Crippen LogP contribution in [0.2, 0.25) is 5.15 Å². The standard InChI is InChI=1S/C8H8BrClN4/c1-2-4-6(10)13-8-5(9)3-12-14(8)7(4)11/h3H,2,11H2,1H3. The number of rotatable bonds is 1. The normalized spacial score (nSPS) is 11.1. The van der Waals surface area contributed by atoms with Gasteiger partial charge >= 0.3 is 0 Å². The monoisotopic (exact) mass is 274 g/mol. The van der Waals surface area contributed by atoms with Crippen LogP contribution >= 0.6 is 27.5 Å². The zero-order chi connectivity index (χ0) is 10.3. The van der Waals surface area contributed by atoms with E-state index in [1.165, 1.54) is 0 Å². The number of hydrogen-bond donors (Lipinski definition) is 1. The molecular weight excluding hydrogens is 267 g/mol. The highest BCUT2D eigenvalue weighted by molar-refractivity contribution is 9.10. The number of anilines is 1. The molecule has 74 valence electrons. The number of halogens is 2. The van der Waals surface area contributed by atoms with Crippen LogP contribution in [0.5, 0.6) is 0 Å². The average Bonchev–Trinajstić information content (AvgIpc) is 2.49. The SMILES string of the molecule is CCc1c(Cl)nc2c(Br)cnn2c1N. The predicted molar refractivity (Wildman–Crippen MR) is 59.5 cm³/mol. The molecule has 0 atom stereocenters. The topological polar surface area (TPSA) is 56.2 Å². The molecule has 14 heavy (non-hydrogen) atoms. The fourth-order valence-electron chi connectivity index (χ4n) is 1.32. The molecule has 0 saturated heterocycles. The van der Waals surface area contributed by atoms with Crippen molar-refractivity contribution in [2.75, 3.05) is 5.73 Å². The third kappa shape index (κ3) is 1.27. The van der Waals surface area contributed by atoms with Crippen molar-refractivity contribution in [3.8, 4) is 0 Å². The van der Waals surface area contributed by atoms with Crippen LogP contribution in [0.15, 0.2) is 10.7 Å². The molecule has 2 aromatic rings. The Hall–Kier alpha value is -0.810. The highest BCUT2D eigenvalue weighted by Gasteiger charge is 2.12. The van der Waals surface area contributed by atoms with Gasteiger partial charge in [-0.1, -0.05) is 18.5 Å². The first-order valence-electron chi connectivity index (χ1n) is 4.12. The second kappa shape index (κ2) is 3.40. The Morgan fingerprint density at radius 3 is 3.00 bits per heavy atom. The average molecular weight is 276 g/mol. The molecule has 4 nitrogen and oxygen atoms in total. The Morgan fingerprint density at radius 2 is 2.36 bits per heavy atom. The second-order valence-corrected chi connectivity index (χ2v) is 4.06. The lowest BCUT2D eigenvalue weighted by Crippen LogP contribution is -2.05. The van der Waals surface area contributed by atoms with Crippen LogP contribution in [-0.4, -0.2) is 14.6 Å². The number of nitrogens with two attached hydrogens (primary N) is 1. The molecule has 0 unspecified atom stereocenters. The Labute approximate surface area is 94.2 Å². The lowest BCUT2D eigenvalue weighted by atomic mass is 10.2. The largest absolute Gasteiger partial charge is 0.383 e. The molecule has 0 aliphatic heterocycles. The predicted octanol–water partition coefficient (Wildman–Crippen LogP) is 2.29. The molecule has 0 bridgehead atoms. The van der Waals surface area contributed by atoms with Crippen LogP contribution in [0, 0.1) is 0 Å². The first-order chi connectivity index (χ1) is 6.65. The lowest BCUT2D eigenvalue weighted by molar-refractivity contribution is 0.925. The Balaban J connectivity index is 2.87. The van der Waals surface area contributed by atoms with Gasteiger partial charge < -0.3 is 5.73 Å². The molecule has 0 aliphatic rings. The highest BCUT2D eigenvalue weighted by atomic mass is 79.9. The van der Waals surface area contributed by atoms with E-state index in [9.17, 15) is 0 Å². The summed E-state index contributed by atoms with van der Waals surface area (Å²) in [6.45, 7) is 1.98. The first kappa shape index (κ1) is 9.73. The van der Waals surface area contributed by atoms with Crippen LogP contribution in [-0.2, 0) is 6.42 Å². The van der Waals surface area contributed by atoms with Gasteiger partial charge in [-0.05, 0) is 22.4 Å². The van der Waals surface area contributed by atoms with Gasteiger partial charge in [-0.15, -0.1) is 0 Å². The van der Waals surface area contributed by atoms with Gasteiger partial charge in [0.15, 0.2) is 5.65 Å². The van der Waals surface area contributed by atoms with E-state index in [2.05, 4.69) is 26.0 Å². The van der Waals surface area contributed by atoms with Crippen molar-refractivity contribution in [2.24, 2.45) is 0 Å². The zero-order valence-electron chi connectivity index (χ0n) is 7.46. The van der Waals surface area contributed by atoms with Crippen LogP contribution < -0.4 is 5.73 Å². The van der Waals surface area contributed by atoms with Gasteiger partial charge in [0.2, 0.25) is 0 Å². The molecule has 0 amide bonds. The zero-order valence-corrected chi connectivity index (χ0v) is 9.80. The van der Waals surface area contributed by atoms with E-state index in [1.807, 2.05) is 6.92 Å². The number of hydrogen-bond acceptors (Lipinski definition) is 3. The quantitative estimate of drug-likeness (QED) is 0.813. The van der Waals surface area contributed by atoms with E-state index < -0.39 is 0 Å². The Bertz CT molecular complexity index is 494. The maximum absolute atomic E-state index is 5.98. The molecule has 0 aromatic carbocycles. The van der Waals surface area contributed by atoms with E-state index in [1.54, 1.807) is 10.7 Å². The van der Waals surface area contributed by atoms with E-state index in [-0.39, 0.29) is 0 Å². The fourth-order valence-corrected chi connectivity index (χ4v) is 1.98. The van der Waals surface area contributed by atoms with Gasteiger partial charge in [0, 0.05) is 5.56 Å². The lowest BCUT2D eigenvalue weighted by Gasteiger charge is -2.06. The molecule has 0 fully saturated rings. The molecule has 2 heterocycles. The third-order valence-corrected chi connectivity index (χ3v) is 2.92. The molecule has 2 aromatic heterocycles. The number of nitrogen functional groups attached to an aromatic ring is 1. The van der Waals surface area contributed by atoms with Gasteiger partial charge in [-0.25, -0.2) is 4.98 Å². The number of aromatic nitrogens is 3. The van der Waals surface area contributed by atoms with Crippen molar-refractivity contribution in [2.45, 2.75) is 13.3 Å². The third-order valence-electron chi connectivity index (χ3n) is 2.04.